The van der Waals surface area contributed by atoms with Crippen molar-refractivity contribution in [2.75, 3.05) is 18.0 Å². The average Bonchev–Trinajstić information content (AvgIpc) is 2.96. The Bertz CT molecular complexity index is 782. The lowest BCUT2D eigenvalue weighted by Gasteiger charge is -2.21. The fourth-order valence-electron chi connectivity index (χ4n) is 3.13. The summed E-state index contributed by atoms with van der Waals surface area (Å²) in [6.07, 6.45) is 1.16. The fraction of sp³-hybridized carbons (Fsp3) is 0.556. The average molecular weight is 380 g/mol. The van der Waals surface area contributed by atoms with Crippen LogP contribution in [0.4, 0.5) is 5.95 Å². The Morgan fingerprint density at radius 1 is 1.26 bits per heavy atom. The lowest BCUT2D eigenvalue weighted by molar-refractivity contribution is 0.655. The molecule has 1 saturated heterocycles. The first-order valence-corrected chi connectivity index (χ1v) is 9.11. The van der Waals surface area contributed by atoms with Crippen molar-refractivity contribution in [2.24, 2.45) is 13.0 Å². The molecule has 1 fully saturated rings. The van der Waals surface area contributed by atoms with Crippen LogP contribution in [0.3, 0.4) is 0 Å². The number of hydrogen-bond donors (Lipinski definition) is 0. The first-order valence-electron chi connectivity index (χ1n) is 8.31. The Hall–Kier alpha value is -1.36. The van der Waals surface area contributed by atoms with E-state index in [1.54, 1.807) is 4.57 Å². The molecule has 0 amide bonds. The lowest BCUT2D eigenvalue weighted by atomic mass is 10.1. The molecule has 0 bridgehead atoms. The maximum Gasteiger partial charge on any atom is 0.263 e. The predicted octanol–water partition coefficient (Wildman–Crippen LogP) is 4.19. The summed E-state index contributed by atoms with van der Waals surface area (Å²) in [5.74, 6) is 1.44. The van der Waals surface area contributed by atoms with Crippen molar-refractivity contribution < 1.29 is 0 Å². The standard InChI is InChI=1S/C16H20BrN3O.C2H6/c1-9-5-6-20(8-9)16-18-14-11(3)7-10(2)13(17)12(14)15(21)19(16)4;1-2/h7,9H,5-6,8H2,1-4H3;1-2H3. The second-order valence-corrected chi connectivity index (χ2v) is 6.96. The van der Waals surface area contributed by atoms with Crippen molar-refractivity contribution in [3.63, 3.8) is 0 Å². The van der Waals surface area contributed by atoms with Gasteiger partial charge in [0, 0.05) is 24.6 Å². The van der Waals surface area contributed by atoms with E-state index in [2.05, 4.69) is 33.8 Å². The molecule has 1 atom stereocenters. The molecule has 0 aliphatic carbocycles. The third-order valence-electron chi connectivity index (χ3n) is 4.35. The number of anilines is 1. The highest BCUT2D eigenvalue weighted by Gasteiger charge is 2.24. The van der Waals surface area contributed by atoms with Crippen LogP contribution in [-0.4, -0.2) is 22.6 Å². The lowest BCUT2D eigenvalue weighted by Crippen LogP contribution is -2.30. The molecular formula is C18H26BrN3O. The van der Waals surface area contributed by atoms with E-state index in [4.69, 9.17) is 4.98 Å². The highest BCUT2D eigenvalue weighted by Crippen LogP contribution is 2.29. The summed E-state index contributed by atoms with van der Waals surface area (Å²) in [5, 5.41) is 0.686. The summed E-state index contributed by atoms with van der Waals surface area (Å²) in [5.41, 5.74) is 2.96. The van der Waals surface area contributed by atoms with Crippen LogP contribution in [0.25, 0.3) is 10.9 Å². The maximum atomic E-state index is 12.8. The second-order valence-electron chi connectivity index (χ2n) is 6.16. The first kappa shape index (κ1) is 18.0. The summed E-state index contributed by atoms with van der Waals surface area (Å²) in [6, 6.07) is 2.08. The van der Waals surface area contributed by atoms with Crippen LogP contribution in [-0.2, 0) is 7.05 Å². The summed E-state index contributed by atoms with van der Waals surface area (Å²) in [4.78, 5) is 19.8. The molecule has 4 nitrogen and oxygen atoms in total. The van der Waals surface area contributed by atoms with Crippen molar-refractivity contribution in [1.29, 1.82) is 0 Å². The van der Waals surface area contributed by atoms with Crippen LogP contribution >= 0.6 is 15.9 Å². The second kappa shape index (κ2) is 7.04. The molecule has 23 heavy (non-hydrogen) atoms. The molecule has 1 aromatic heterocycles. The van der Waals surface area contributed by atoms with Gasteiger partial charge in [-0.2, -0.15) is 0 Å². The van der Waals surface area contributed by atoms with Crippen LogP contribution in [0.1, 0.15) is 38.3 Å². The normalized spacial score (nSPS) is 17.3. The number of fused-ring (bicyclic) bond motifs is 1. The molecule has 0 saturated carbocycles. The molecule has 0 N–H and O–H groups in total. The zero-order valence-corrected chi connectivity index (χ0v) is 16.5. The molecular weight excluding hydrogens is 354 g/mol. The third kappa shape index (κ3) is 3.16. The van der Waals surface area contributed by atoms with Gasteiger partial charge in [-0.15, -0.1) is 0 Å². The van der Waals surface area contributed by atoms with E-state index in [0.29, 0.717) is 11.3 Å². The number of aromatic nitrogens is 2. The van der Waals surface area contributed by atoms with Gasteiger partial charge in [0.25, 0.3) is 5.56 Å². The molecule has 5 heteroatoms. The topological polar surface area (TPSA) is 38.1 Å². The number of rotatable bonds is 1. The van der Waals surface area contributed by atoms with E-state index in [-0.39, 0.29) is 5.56 Å². The predicted molar refractivity (Wildman–Crippen MR) is 102 cm³/mol. The molecule has 1 aliphatic heterocycles. The zero-order valence-electron chi connectivity index (χ0n) is 14.9. The van der Waals surface area contributed by atoms with Gasteiger partial charge < -0.3 is 4.90 Å². The highest BCUT2D eigenvalue weighted by molar-refractivity contribution is 9.10. The van der Waals surface area contributed by atoms with Gasteiger partial charge in [-0.1, -0.05) is 26.8 Å². The molecule has 1 unspecified atom stereocenters. The van der Waals surface area contributed by atoms with Crippen LogP contribution in [0.5, 0.6) is 0 Å². The van der Waals surface area contributed by atoms with Gasteiger partial charge in [0.05, 0.1) is 10.9 Å². The minimum atomic E-state index is 0.0215. The van der Waals surface area contributed by atoms with Crippen molar-refractivity contribution in [3.8, 4) is 0 Å². The summed E-state index contributed by atoms with van der Waals surface area (Å²) < 4.78 is 2.54. The molecule has 126 valence electrons. The number of aryl methyl sites for hydroxylation is 2. The number of hydrogen-bond acceptors (Lipinski definition) is 3. The van der Waals surface area contributed by atoms with Crippen LogP contribution in [0.2, 0.25) is 0 Å². The molecule has 1 aromatic carbocycles. The Balaban J connectivity index is 0.000000924. The van der Waals surface area contributed by atoms with Gasteiger partial charge in [-0.05, 0) is 53.2 Å². The monoisotopic (exact) mass is 379 g/mol. The molecule has 1 aliphatic rings. The molecule has 3 rings (SSSR count). The van der Waals surface area contributed by atoms with Gasteiger partial charge in [-0.3, -0.25) is 9.36 Å². The Morgan fingerprint density at radius 3 is 2.48 bits per heavy atom. The van der Waals surface area contributed by atoms with E-state index in [1.165, 1.54) is 0 Å². The first-order chi connectivity index (χ1) is 10.9. The smallest absolute Gasteiger partial charge is 0.263 e. The van der Waals surface area contributed by atoms with Crippen LogP contribution in [0, 0.1) is 19.8 Å². The molecule has 0 radical (unpaired) electrons. The molecule has 0 spiro atoms. The maximum absolute atomic E-state index is 12.8. The Labute approximate surface area is 146 Å². The van der Waals surface area contributed by atoms with Crippen molar-refractivity contribution in [3.05, 3.63) is 32.0 Å². The quantitative estimate of drug-likeness (QED) is 0.745. The number of nitrogens with zero attached hydrogens (tertiary/aromatic N) is 3. The van der Waals surface area contributed by atoms with Crippen molar-refractivity contribution >= 4 is 32.8 Å². The third-order valence-corrected chi connectivity index (χ3v) is 5.37. The van der Waals surface area contributed by atoms with E-state index in [9.17, 15) is 4.79 Å². The minimum absolute atomic E-state index is 0.0215. The summed E-state index contributed by atoms with van der Waals surface area (Å²) in [7, 11) is 1.82. The van der Waals surface area contributed by atoms with Gasteiger partial charge in [0.15, 0.2) is 0 Å². The van der Waals surface area contributed by atoms with E-state index in [1.807, 2.05) is 34.7 Å². The van der Waals surface area contributed by atoms with Gasteiger partial charge >= 0.3 is 0 Å². The van der Waals surface area contributed by atoms with Crippen molar-refractivity contribution in [2.45, 2.75) is 41.0 Å². The number of halogens is 1. The van der Waals surface area contributed by atoms with E-state index in [0.717, 1.165) is 46.6 Å². The largest absolute Gasteiger partial charge is 0.342 e. The summed E-state index contributed by atoms with van der Waals surface area (Å²) >= 11 is 3.55. The van der Waals surface area contributed by atoms with Crippen LogP contribution < -0.4 is 10.5 Å². The Morgan fingerprint density at radius 2 is 1.91 bits per heavy atom. The SMILES string of the molecule is CC.Cc1cc(C)c2nc(N3CCC(C)C3)n(C)c(=O)c2c1Br. The van der Waals surface area contributed by atoms with Crippen LogP contribution in [0.15, 0.2) is 15.3 Å². The van der Waals surface area contributed by atoms with Crippen molar-refractivity contribution in [1.82, 2.24) is 9.55 Å². The highest BCUT2D eigenvalue weighted by atomic mass is 79.9. The van der Waals surface area contributed by atoms with Gasteiger partial charge in [0.1, 0.15) is 0 Å². The molecule has 2 aromatic rings. The van der Waals surface area contributed by atoms with Gasteiger partial charge in [0.2, 0.25) is 5.95 Å². The Kier molecular flexibility index (Phi) is 5.50. The zero-order chi connectivity index (χ0) is 17.3. The summed E-state index contributed by atoms with van der Waals surface area (Å²) in [6.45, 7) is 12.2. The van der Waals surface area contributed by atoms with Gasteiger partial charge in [-0.25, -0.2) is 4.98 Å². The van der Waals surface area contributed by atoms with E-state index < -0.39 is 0 Å². The fourth-order valence-corrected chi connectivity index (χ4v) is 3.60. The molecule has 2 heterocycles. The van der Waals surface area contributed by atoms with E-state index >= 15 is 0 Å². The number of benzene rings is 1. The minimum Gasteiger partial charge on any atom is -0.342 e.